The van der Waals surface area contributed by atoms with Crippen LogP contribution in [0.4, 0.5) is 0 Å². The van der Waals surface area contributed by atoms with E-state index >= 15 is 0 Å². The standard InChI is InChI=1S/C8H10N4O2.C7H14N2O3/c1-10-4-9-6-5(10)7(13)12(3)8(14)11(6)2;1-2-9-6(10)4-3-5(8)7(11)12/h4H,1-3H3;5H,2-4,8H2,1H3,(H,9,10)(H,11,12). The van der Waals surface area contributed by atoms with Gasteiger partial charge in [0.15, 0.2) is 11.2 Å². The molecule has 0 aliphatic rings. The van der Waals surface area contributed by atoms with Gasteiger partial charge in [-0.2, -0.15) is 0 Å². The highest BCUT2D eigenvalue weighted by molar-refractivity contribution is 5.78. The summed E-state index contributed by atoms with van der Waals surface area (Å²) < 4.78 is 4.04. The maximum atomic E-state index is 11.7. The third kappa shape index (κ3) is 4.79. The number of carboxylic acid groups (broad SMARTS) is 1. The fraction of sp³-hybridized carbons (Fsp3) is 0.533. The second-order valence-electron chi connectivity index (χ2n) is 5.67. The number of imidazole rings is 1. The largest absolute Gasteiger partial charge is 0.480 e. The van der Waals surface area contributed by atoms with Crippen molar-refractivity contribution in [1.29, 1.82) is 0 Å². The van der Waals surface area contributed by atoms with Crippen molar-refractivity contribution in [3.63, 3.8) is 0 Å². The first kappa shape index (κ1) is 21.1. The van der Waals surface area contributed by atoms with E-state index in [0.29, 0.717) is 17.7 Å². The smallest absolute Gasteiger partial charge is 0.332 e. The summed E-state index contributed by atoms with van der Waals surface area (Å²) in [4.78, 5) is 48.2. The highest BCUT2D eigenvalue weighted by Gasteiger charge is 2.13. The number of aromatic nitrogens is 4. The zero-order valence-electron chi connectivity index (χ0n) is 15.2. The minimum Gasteiger partial charge on any atom is -0.480 e. The van der Waals surface area contributed by atoms with Gasteiger partial charge in [-0.05, 0) is 13.3 Å². The highest BCUT2D eigenvalue weighted by Crippen LogP contribution is 2.01. The van der Waals surface area contributed by atoms with Crippen LogP contribution in [0.25, 0.3) is 11.2 Å². The Morgan fingerprint density at radius 1 is 1.27 bits per heavy atom. The maximum Gasteiger partial charge on any atom is 0.332 e. The third-order valence-corrected chi connectivity index (χ3v) is 3.69. The number of carbonyl (C=O) groups excluding carboxylic acids is 1. The summed E-state index contributed by atoms with van der Waals surface area (Å²) in [5, 5.41) is 10.9. The van der Waals surface area contributed by atoms with Crippen molar-refractivity contribution >= 4 is 23.0 Å². The van der Waals surface area contributed by atoms with Crippen molar-refractivity contribution in [2.75, 3.05) is 6.54 Å². The van der Waals surface area contributed by atoms with Crippen molar-refractivity contribution < 1.29 is 14.7 Å². The van der Waals surface area contributed by atoms with E-state index in [1.54, 1.807) is 25.6 Å². The van der Waals surface area contributed by atoms with Crippen LogP contribution in [0.3, 0.4) is 0 Å². The predicted molar refractivity (Wildman–Crippen MR) is 94.7 cm³/mol. The molecule has 0 bridgehead atoms. The Morgan fingerprint density at radius 2 is 1.88 bits per heavy atom. The molecule has 0 aliphatic heterocycles. The molecule has 0 radical (unpaired) electrons. The van der Waals surface area contributed by atoms with Crippen LogP contribution in [-0.2, 0) is 30.7 Å². The fourth-order valence-electron chi connectivity index (χ4n) is 2.17. The molecule has 0 fully saturated rings. The molecule has 11 heteroatoms. The zero-order chi connectivity index (χ0) is 20.0. The molecule has 0 spiro atoms. The molecule has 1 amide bonds. The van der Waals surface area contributed by atoms with Crippen LogP contribution in [0.15, 0.2) is 15.9 Å². The number of rotatable bonds is 5. The lowest BCUT2D eigenvalue weighted by Gasteiger charge is -2.05. The van der Waals surface area contributed by atoms with E-state index in [1.165, 1.54) is 17.9 Å². The van der Waals surface area contributed by atoms with Gasteiger partial charge in [0.25, 0.3) is 5.56 Å². The minimum absolute atomic E-state index is 0.158. The van der Waals surface area contributed by atoms with Crippen LogP contribution in [-0.4, -0.2) is 48.3 Å². The van der Waals surface area contributed by atoms with Crippen molar-refractivity contribution in [3.05, 3.63) is 27.2 Å². The molecular weight excluding hydrogens is 344 g/mol. The van der Waals surface area contributed by atoms with Gasteiger partial charge in [-0.25, -0.2) is 9.78 Å². The normalized spacial score (nSPS) is 11.6. The number of nitrogens with zero attached hydrogens (tertiary/aromatic N) is 4. The summed E-state index contributed by atoms with van der Waals surface area (Å²) in [6, 6.07) is -0.937. The Hall–Kier alpha value is -2.95. The summed E-state index contributed by atoms with van der Waals surface area (Å²) >= 11 is 0. The van der Waals surface area contributed by atoms with Crippen molar-refractivity contribution in [2.45, 2.75) is 25.8 Å². The van der Waals surface area contributed by atoms with Gasteiger partial charge in [0.05, 0.1) is 6.33 Å². The van der Waals surface area contributed by atoms with Crippen LogP contribution < -0.4 is 22.3 Å². The van der Waals surface area contributed by atoms with Gasteiger partial charge in [-0.15, -0.1) is 0 Å². The quantitative estimate of drug-likeness (QED) is 0.567. The molecule has 2 aromatic rings. The Balaban J connectivity index is 0.000000265. The predicted octanol–water partition coefficient (Wildman–Crippen LogP) is -1.71. The second kappa shape index (κ2) is 8.94. The van der Waals surface area contributed by atoms with Crippen molar-refractivity contribution in [1.82, 2.24) is 24.0 Å². The molecule has 1 unspecified atom stereocenters. The Kier molecular flexibility index (Phi) is 7.26. The lowest BCUT2D eigenvalue weighted by atomic mass is 10.1. The molecule has 0 saturated carbocycles. The van der Waals surface area contributed by atoms with Gasteiger partial charge < -0.3 is 20.7 Å². The van der Waals surface area contributed by atoms with Crippen LogP contribution >= 0.6 is 0 Å². The fourth-order valence-corrected chi connectivity index (χ4v) is 2.17. The van der Waals surface area contributed by atoms with E-state index in [1.807, 2.05) is 0 Å². The van der Waals surface area contributed by atoms with E-state index < -0.39 is 12.0 Å². The summed E-state index contributed by atoms with van der Waals surface area (Å²) in [6.07, 6.45) is 1.87. The van der Waals surface area contributed by atoms with Crippen LogP contribution in [0.5, 0.6) is 0 Å². The first-order chi connectivity index (χ1) is 12.1. The zero-order valence-corrected chi connectivity index (χ0v) is 15.2. The number of carboxylic acids is 1. The van der Waals surface area contributed by atoms with E-state index in [0.717, 1.165) is 4.57 Å². The number of fused-ring (bicyclic) bond motifs is 1. The van der Waals surface area contributed by atoms with Gasteiger partial charge in [-0.1, -0.05) is 0 Å². The van der Waals surface area contributed by atoms with Gasteiger partial charge in [0, 0.05) is 34.1 Å². The van der Waals surface area contributed by atoms with Crippen LogP contribution in [0.2, 0.25) is 0 Å². The molecule has 0 aromatic carbocycles. The number of hydrogen-bond donors (Lipinski definition) is 3. The number of carbonyl (C=O) groups is 2. The minimum atomic E-state index is -1.07. The van der Waals surface area contributed by atoms with Crippen molar-refractivity contribution in [3.8, 4) is 0 Å². The van der Waals surface area contributed by atoms with Gasteiger partial charge in [0.2, 0.25) is 5.91 Å². The van der Waals surface area contributed by atoms with E-state index in [2.05, 4.69) is 10.3 Å². The monoisotopic (exact) mass is 368 g/mol. The Bertz CT molecular complexity index is 910. The first-order valence-electron chi connectivity index (χ1n) is 7.93. The number of nitrogens with two attached hydrogens (primary N) is 1. The molecule has 144 valence electrons. The molecule has 26 heavy (non-hydrogen) atoms. The molecule has 4 N–H and O–H groups in total. The maximum absolute atomic E-state index is 11.7. The Morgan fingerprint density at radius 3 is 2.42 bits per heavy atom. The SMILES string of the molecule is CCNC(=O)CCC(N)C(=O)O.Cn1c(=O)c2c(ncn2C)n(C)c1=O. The summed E-state index contributed by atoms with van der Waals surface area (Å²) in [6.45, 7) is 2.36. The molecule has 1 atom stereocenters. The molecule has 11 nitrogen and oxygen atoms in total. The molecule has 2 aromatic heterocycles. The second-order valence-corrected chi connectivity index (χ2v) is 5.67. The number of hydrogen-bond acceptors (Lipinski definition) is 6. The van der Waals surface area contributed by atoms with Gasteiger partial charge in [-0.3, -0.25) is 23.5 Å². The van der Waals surface area contributed by atoms with E-state index in [9.17, 15) is 19.2 Å². The van der Waals surface area contributed by atoms with Gasteiger partial charge in [0.1, 0.15) is 6.04 Å². The molecule has 2 rings (SSSR count). The van der Waals surface area contributed by atoms with Gasteiger partial charge >= 0.3 is 11.7 Å². The first-order valence-corrected chi connectivity index (χ1v) is 7.93. The molecular formula is C15H24N6O5. The average molecular weight is 368 g/mol. The van der Waals surface area contributed by atoms with Crippen LogP contribution in [0, 0.1) is 0 Å². The number of amides is 1. The molecule has 2 heterocycles. The molecule has 0 saturated heterocycles. The summed E-state index contributed by atoms with van der Waals surface area (Å²) in [5.74, 6) is -1.23. The highest BCUT2D eigenvalue weighted by atomic mass is 16.4. The lowest BCUT2D eigenvalue weighted by molar-refractivity contribution is -0.138. The summed E-state index contributed by atoms with van der Waals surface area (Å²) in [5.41, 5.74) is 5.36. The lowest BCUT2D eigenvalue weighted by Crippen LogP contribution is -2.37. The van der Waals surface area contributed by atoms with Crippen molar-refractivity contribution in [2.24, 2.45) is 26.9 Å². The third-order valence-electron chi connectivity index (χ3n) is 3.69. The van der Waals surface area contributed by atoms with E-state index in [4.69, 9.17) is 10.8 Å². The van der Waals surface area contributed by atoms with E-state index in [-0.39, 0.29) is 30.0 Å². The number of nitrogens with one attached hydrogen (secondary N) is 1. The summed E-state index contributed by atoms with van der Waals surface area (Å²) in [7, 11) is 4.77. The number of aryl methyl sites for hydroxylation is 2. The Labute approximate surface area is 149 Å². The number of aliphatic carboxylic acids is 1. The molecule has 0 aliphatic carbocycles. The average Bonchev–Trinajstić information content (AvgIpc) is 2.98. The van der Waals surface area contributed by atoms with Crippen LogP contribution in [0.1, 0.15) is 19.8 Å². The topological polar surface area (TPSA) is 154 Å².